The van der Waals surface area contributed by atoms with Crippen LogP contribution in [0.3, 0.4) is 0 Å². The predicted octanol–water partition coefficient (Wildman–Crippen LogP) is 1.76. The first kappa shape index (κ1) is 20.9. The highest BCUT2D eigenvalue weighted by molar-refractivity contribution is 5.98. The van der Waals surface area contributed by atoms with Crippen LogP contribution in [-0.4, -0.2) is 53.7 Å². The van der Waals surface area contributed by atoms with Crippen molar-refractivity contribution in [2.24, 2.45) is 5.92 Å². The van der Waals surface area contributed by atoms with Gasteiger partial charge in [-0.2, -0.15) is 10.5 Å². The molecule has 1 saturated heterocycles. The van der Waals surface area contributed by atoms with E-state index in [0.717, 1.165) is 17.7 Å². The molecule has 28 heavy (non-hydrogen) atoms. The number of likely N-dealkylation sites (tertiary alicyclic amines) is 1. The number of hydrogen-bond acceptors (Lipinski definition) is 5. The number of carbonyl (C=O) groups excluding carboxylic acids is 3. The maximum Gasteiger partial charge on any atom is 0.255 e. The summed E-state index contributed by atoms with van der Waals surface area (Å²) in [5.74, 6) is -1.02. The summed E-state index contributed by atoms with van der Waals surface area (Å²) in [4.78, 5) is 39.6. The molecule has 0 spiro atoms. The summed E-state index contributed by atoms with van der Waals surface area (Å²) >= 11 is 0. The molecule has 0 aliphatic carbocycles. The number of unbranched alkanes of at least 4 members (excludes halogenated alkanes) is 1. The fraction of sp³-hybridized carbons (Fsp3) is 0.450. The summed E-state index contributed by atoms with van der Waals surface area (Å²) in [6.07, 6.45) is 2.12. The number of nitriles is 2. The monoisotopic (exact) mass is 381 g/mol. The van der Waals surface area contributed by atoms with Crippen molar-refractivity contribution in [3.05, 3.63) is 29.8 Å². The van der Waals surface area contributed by atoms with E-state index >= 15 is 0 Å². The molecule has 1 fully saturated rings. The molecule has 1 unspecified atom stereocenters. The molecule has 146 valence electrons. The number of hydrogen-bond donors (Lipinski definition) is 1. The summed E-state index contributed by atoms with van der Waals surface area (Å²) in [7, 11) is 0. The van der Waals surface area contributed by atoms with Crippen LogP contribution in [-0.2, 0) is 9.59 Å². The Balaban J connectivity index is 1.96. The average Bonchev–Trinajstić information content (AvgIpc) is 3.07. The maximum atomic E-state index is 12.4. The molecule has 0 saturated carbocycles. The van der Waals surface area contributed by atoms with Gasteiger partial charge in [-0.3, -0.25) is 14.4 Å². The SMILES string of the molecule is CCCCN1CC(C(=O)Nc2ccc(C(=O)N(CC#N)CC#N)cc2)CC1=O. The van der Waals surface area contributed by atoms with Crippen LogP contribution in [0.25, 0.3) is 0 Å². The average molecular weight is 381 g/mol. The van der Waals surface area contributed by atoms with E-state index in [9.17, 15) is 14.4 Å². The van der Waals surface area contributed by atoms with Gasteiger partial charge in [0, 0.05) is 30.8 Å². The molecular weight excluding hydrogens is 358 g/mol. The van der Waals surface area contributed by atoms with Gasteiger partial charge in [0.05, 0.1) is 18.1 Å². The molecule has 1 aliphatic heterocycles. The van der Waals surface area contributed by atoms with Crippen LogP contribution >= 0.6 is 0 Å². The number of rotatable bonds is 8. The minimum absolute atomic E-state index is 0.00428. The molecule has 3 amide bonds. The molecule has 1 aliphatic rings. The van der Waals surface area contributed by atoms with E-state index in [1.807, 2.05) is 12.1 Å². The number of nitrogens with one attached hydrogen (secondary N) is 1. The van der Waals surface area contributed by atoms with Crippen molar-refractivity contribution in [2.75, 3.05) is 31.5 Å². The van der Waals surface area contributed by atoms with Gasteiger partial charge in [0.2, 0.25) is 11.8 Å². The first-order valence-electron chi connectivity index (χ1n) is 9.22. The Labute approximate surface area is 164 Å². The molecule has 1 aromatic rings. The van der Waals surface area contributed by atoms with Crippen LogP contribution in [0.5, 0.6) is 0 Å². The Morgan fingerprint density at radius 2 is 1.86 bits per heavy atom. The third-order valence-electron chi connectivity index (χ3n) is 4.58. The van der Waals surface area contributed by atoms with E-state index in [-0.39, 0.29) is 37.2 Å². The van der Waals surface area contributed by atoms with Crippen LogP contribution in [0, 0.1) is 28.6 Å². The normalized spacial score (nSPS) is 15.6. The molecular formula is C20H23N5O3. The lowest BCUT2D eigenvalue weighted by atomic mass is 10.1. The smallest absolute Gasteiger partial charge is 0.255 e. The van der Waals surface area contributed by atoms with Crippen molar-refractivity contribution in [3.8, 4) is 12.1 Å². The number of carbonyl (C=O) groups is 3. The Morgan fingerprint density at radius 3 is 2.43 bits per heavy atom. The molecule has 1 atom stereocenters. The van der Waals surface area contributed by atoms with E-state index in [4.69, 9.17) is 10.5 Å². The second-order valence-electron chi connectivity index (χ2n) is 6.64. The molecule has 1 heterocycles. The predicted molar refractivity (Wildman–Crippen MR) is 102 cm³/mol. The second-order valence-corrected chi connectivity index (χ2v) is 6.64. The summed E-state index contributed by atoms with van der Waals surface area (Å²) in [6, 6.07) is 9.97. The van der Waals surface area contributed by atoms with Crippen molar-refractivity contribution in [1.82, 2.24) is 9.80 Å². The Bertz CT molecular complexity index is 791. The van der Waals surface area contributed by atoms with Crippen molar-refractivity contribution in [1.29, 1.82) is 10.5 Å². The van der Waals surface area contributed by atoms with E-state index < -0.39 is 5.91 Å². The largest absolute Gasteiger partial charge is 0.342 e. The van der Waals surface area contributed by atoms with Crippen molar-refractivity contribution in [3.63, 3.8) is 0 Å². The van der Waals surface area contributed by atoms with Crippen LogP contribution in [0.2, 0.25) is 0 Å². The van der Waals surface area contributed by atoms with Gasteiger partial charge in [0.25, 0.3) is 5.91 Å². The first-order valence-corrected chi connectivity index (χ1v) is 9.22. The number of nitrogens with zero attached hydrogens (tertiary/aromatic N) is 4. The lowest BCUT2D eigenvalue weighted by molar-refractivity contribution is -0.128. The minimum Gasteiger partial charge on any atom is -0.342 e. The van der Waals surface area contributed by atoms with Gasteiger partial charge in [0.1, 0.15) is 13.1 Å². The molecule has 0 radical (unpaired) electrons. The van der Waals surface area contributed by atoms with Crippen LogP contribution in [0.15, 0.2) is 24.3 Å². The zero-order chi connectivity index (χ0) is 20.5. The Kier molecular flexibility index (Phi) is 7.53. The summed E-state index contributed by atoms with van der Waals surface area (Å²) in [5.41, 5.74) is 0.846. The number of anilines is 1. The Hall–Kier alpha value is -3.39. The molecule has 0 bridgehead atoms. The van der Waals surface area contributed by atoms with Gasteiger partial charge >= 0.3 is 0 Å². The molecule has 8 heteroatoms. The van der Waals surface area contributed by atoms with E-state index in [1.54, 1.807) is 17.0 Å². The zero-order valence-electron chi connectivity index (χ0n) is 15.9. The first-order chi connectivity index (χ1) is 13.5. The fourth-order valence-corrected chi connectivity index (χ4v) is 3.01. The van der Waals surface area contributed by atoms with E-state index in [1.165, 1.54) is 12.1 Å². The molecule has 0 aromatic heterocycles. The van der Waals surface area contributed by atoms with Crippen LogP contribution < -0.4 is 5.32 Å². The Morgan fingerprint density at radius 1 is 1.21 bits per heavy atom. The standard InChI is InChI=1S/C20H23N5O3/c1-2-3-10-25-14-16(13-18(25)26)19(27)23-17-6-4-15(5-7-17)20(28)24(11-8-21)12-9-22/h4-7,16H,2-3,10-14H2,1H3,(H,23,27). The van der Waals surface area contributed by atoms with Gasteiger partial charge in [-0.25, -0.2) is 0 Å². The molecule has 2 rings (SSSR count). The number of amides is 3. The third-order valence-corrected chi connectivity index (χ3v) is 4.58. The lowest BCUT2D eigenvalue weighted by Crippen LogP contribution is -2.31. The maximum absolute atomic E-state index is 12.4. The van der Waals surface area contributed by atoms with Crippen molar-refractivity contribution >= 4 is 23.4 Å². The van der Waals surface area contributed by atoms with Gasteiger partial charge < -0.3 is 15.1 Å². The van der Waals surface area contributed by atoms with Crippen LogP contribution in [0.4, 0.5) is 5.69 Å². The highest BCUT2D eigenvalue weighted by atomic mass is 16.2. The van der Waals surface area contributed by atoms with Crippen LogP contribution in [0.1, 0.15) is 36.5 Å². The summed E-state index contributed by atoms with van der Waals surface area (Å²) in [6.45, 7) is 2.82. The highest BCUT2D eigenvalue weighted by Gasteiger charge is 2.33. The topological polar surface area (TPSA) is 117 Å². The van der Waals surface area contributed by atoms with Gasteiger partial charge in [-0.1, -0.05) is 13.3 Å². The van der Waals surface area contributed by atoms with Gasteiger partial charge in [0.15, 0.2) is 0 Å². The lowest BCUT2D eigenvalue weighted by Gasteiger charge is -2.17. The minimum atomic E-state index is -0.422. The molecule has 8 nitrogen and oxygen atoms in total. The number of benzene rings is 1. The quantitative estimate of drug-likeness (QED) is 0.689. The van der Waals surface area contributed by atoms with E-state index in [2.05, 4.69) is 12.2 Å². The highest BCUT2D eigenvalue weighted by Crippen LogP contribution is 2.21. The zero-order valence-corrected chi connectivity index (χ0v) is 15.9. The third kappa shape index (κ3) is 5.31. The van der Waals surface area contributed by atoms with Gasteiger partial charge in [-0.05, 0) is 30.7 Å². The van der Waals surface area contributed by atoms with Crippen molar-refractivity contribution in [2.45, 2.75) is 26.2 Å². The fourth-order valence-electron chi connectivity index (χ4n) is 3.01. The molecule has 1 aromatic carbocycles. The van der Waals surface area contributed by atoms with E-state index in [0.29, 0.717) is 24.3 Å². The molecule has 1 N–H and O–H groups in total. The second kappa shape index (κ2) is 10.1. The summed E-state index contributed by atoms with van der Waals surface area (Å²) < 4.78 is 0. The van der Waals surface area contributed by atoms with Crippen molar-refractivity contribution < 1.29 is 14.4 Å². The van der Waals surface area contributed by atoms with Gasteiger partial charge in [-0.15, -0.1) is 0 Å². The summed E-state index contributed by atoms with van der Waals surface area (Å²) in [5, 5.41) is 20.3.